The van der Waals surface area contributed by atoms with Gasteiger partial charge in [0.2, 0.25) is 6.08 Å². The predicted molar refractivity (Wildman–Crippen MR) is 65.3 cm³/mol. The Kier molecular flexibility index (Phi) is 1.96. The molecular weight excluding hydrogens is 210 g/mol. The van der Waals surface area contributed by atoms with Crippen LogP contribution in [0, 0.1) is 23.2 Å². The Hall–Kier alpha value is -0.620. The van der Waals surface area contributed by atoms with E-state index in [1.54, 1.807) is 0 Å². The number of isocyanates is 1. The molecule has 0 saturated heterocycles. The topological polar surface area (TPSA) is 29.4 Å². The maximum Gasteiger partial charge on any atom is 0.235 e. The van der Waals surface area contributed by atoms with Gasteiger partial charge in [-0.15, -0.1) is 0 Å². The summed E-state index contributed by atoms with van der Waals surface area (Å²) in [4.78, 5) is 14.7. The minimum Gasteiger partial charge on any atom is -0.211 e. The Morgan fingerprint density at radius 2 is 1.53 bits per heavy atom. The first-order chi connectivity index (χ1) is 8.21. The van der Waals surface area contributed by atoms with Crippen LogP contribution in [0.3, 0.4) is 0 Å². The first-order valence-corrected chi connectivity index (χ1v) is 7.30. The van der Waals surface area contributed by atoms with Gasteiger partial charge >= 0.3 is 0 Å². The second-order valence-electron chi connectivity index (χ2n) is 7.52. The molecule has 17 heavy (non-hydrogen) atoms. The molecule has 0 aromatic carbocycles. The van der Waals surface area contributed by atoms with Gasteiger partial charge in [-0.1, -0.05) is 0 Å². The zero-order chi connectivity index (χ0) is 11.5. The molecule has 0 heterocycles. The average Bonchev–Trinajstić information content (AvgIpc) is 2.94. The van der Waals surface area contributed by atoms with Crippen molar-refractivity contribution in [3.8, 4) is 0 Å². The van der Waals surface area contributed by atoms with Gasteiger partial charge in [0.25, 0.3) is 0 Å². The van der Waals surface area contributed by atoms with Gasteiger partial charge < -0.3 is 0 Å². The van der Waals surface area contributed by atoms with Gasteiger partial charge in [0.05, 0.1) is 5.54 Å². The van der Waals surface area contributed by atoms with E-state index < -0.39 is 0 Å². The minimum absolute atomic E-state index is 0.0490. The molecule has 0 amide bonds. The third-order valence-electron chi connectivity index (χ3n) is 5.98. The monoisotopic (exact) mass is 231 g/mol. The Balaban J connectivity index is 1.59. The zero-order valence-electron chi connectivity index (χ0n) is 10.5. The molecule has 92 valence electrons. The Labute approximate surface area is 103 Å². The van der Waals surface area contributed by atoms with Gasteiger partial charge in [-0.3, -0.25) is 0 Å². The molecule has 0 radical (unpaired) electrons. The molecule has 5 rings (SSSR count). The number of hydrogen-bond acceptors (Lipinski definition) is 2. The molecule has 0 unspecified atom stereocenters. The van der Waals surface area contributed by atoms with Gasteiger partial charge in [0, 0.05) is 0 Å². The van der Waals surface area contributed by atoms with Crippen LogP contribution in [0.15, 0.2) is 4.99 Å². The molecule has 4 bridgehead atoms. The quantitative estimate of drug-likeness (QED) is 0.540. The minimum atomic E-state index is 0.0490. The summed E-state index contributed by atoms with van der Waals surface area (Å²) >= 11 is 0. The maximum atomic E-state index is 10.6. The average molecular weight is 231 g/mol. The van der Waals surface area contributed by atoms with E-state index in [-0.39, 0.29) is 5.54 Å². The molecule has 5 fully saturated rings. The number of hydrogen-bond donors (Lipinski definition) is 0. The maximum absolute atomic E-state index is 10.6. The molecule has 2 heteroatoms. The van der Waals surface area contributed by atoms with Gasteiger partial charge in [-0.25, -0.2) is 4.79 Å². The smallest absolute Gasteiger partial charge is 0.211 e. The van der Waals surface area contributed by atoms with Crippen LogP contribution in [0.5, 0.6) is 0 Å². The van der Waals surface area contributed by atoms with Crippen LogP contribution in [-0.2, 0) is 4.79 Å². The molecule has 0 N–H and O–H groups in total. The third-order valence-corrected chi connectivity index (χ3v) is 5.98. The molecule has 0 aromatic rings. The van der Waals surface area contributed by atoms with Crippen LogP contribution in [-0.4, -0.2) is 11.6 Å². The molecule has 0 aliphatic heterocycles. The van der Waals surface area contributed by atoms with Crippen molar-refractivity contribution < 1.29 is 4.79 Å². The van der Waals surface area contributed by atoms with E-state index in [0.717, 1.165) is 30.6 Å². The van der Waals surface area contributed by atoms with E-state index in [1.165, 1.54) is 44.9 Å². The van der Waals surface area contributed by atoms with Crippen LogP contribution in [0.1, 0.15) is 57.8 Å². The Morgan fingerprint density at radius 1 is 1.00 bits per heavy atom. The summed E-state index contributed by atoms with van der Waals surface area (Å²) in [5, 5.41) is 0. The normalized spacial score (nSPS) is 48.8. The summed E-state index contributed by atoms with van der Waals surface area (Å²) in [6, 6.07) is 0. The van der Waals surface area contributed by atoms with E-state index in [1.807, 2.05) is 6.08 Å². The number of carbonyl (C=O) groups excluding carboxylic acids is 1. The second kappa shape index (κ2) is 3.23. The van der Waals surface area contributed by atoms with E-state index in [4.69, 9.17) is 0 Å². The summed E-state index contributed by atoms with van der Waals surface area (Å²) < 4.78 is 0. The molecular formula is C15H21NO. The van der Waals surface area contributed by atoms with Crippen molar-refractivity contribution in [3.05, 3.63) is 0 Å². The molecule has 5 aliphatic rings. The lowest BCUT2D eigenvalue weighted by molar-refractivity contribution is -0.0616. The molecule has 0 spiro atoms. The standard InChI is InChI=1S/C15H21NO/c17-10-16-15(1-2-15)9-14-6-11-3-12(7-14)5-13(4-11)8-14/h11-13H,1-9H2. The molecule has 5 aliphatic carbocycles. The summed E-state index contributed by atoms with van der Waals surface area (Å²) in [5.41, 5.74) is 0.624. The van der Waals surface area contributed by atoms with Crippen molar-refractivity contribution in [2.24, 2.45) is 28.2 Å². The first-order valence-electron chi connectivity index (χ1n) is 7.30. The largest absolute Gasteiger partial charge is 0.235 e. The van der Waals surface area contributed by atoms with Crippen molar-refractivity contribution in [2.45, 2.75) is 63.3 Å². The SMILES string of the molecule is O=C=NC1(CC23CC4CC(CC(C4)C2)C3)CC1. The van der Waals surface area contributed by atoms with E-state index in [9.17, 15) is 4.79 Å². The van der Waals surface area contributed by atoms with Gasteiger partial charge in [-0.05, 0) is 81.0 Å². The van der Waals surface area contributed by atoms with Crippen molar-refractivity contribution >= 4 is 6.08 Å². The highest BCUT2D eigenvalue weighted by Gasteiger charge is 2.56. The van der Waals surface area contributed by atoms with Crippen molar-refractivity contribution in [2.75, 3.05) is 0 Å². The van der Waals surface area contributed by atoms with Gasteiger partial charge in [0.15, 0.2) is 0 Å². The fourth-order valence-electron chi connectivity index (χ4n) is 5.77. The highest BCUT2D eigenvalue weighted by molar-refractivity contribution is 5.36. The van der Waals surface area contributed by atoms with Crippen molar-refractivity contribution in [1.82, 2.24) is 0 Å². The Morgan fingerprint density at radius 3 is 1.94 bits per heavy atom. The van der Waals surface area contributed by atoms with E-state index in [2.05, 4.69) is 4.99 Å². The summed E-state index contributed by atoms with van der Waals surface area (Å²) in [7, 11) is 0. The van der Waals surface area contributed by atoms with Gasteiger partial charge in [-0.2, -0.15) is 4.99 Å². The lowest BCUT2D eigenvalue weighted by Crippen LogP contribution is -2.47. The fourth-order valence-corrected chi connectivity index (χ4v) is 5.77. The van der Waals surface area contributed by atoms with Crippen LogP contribution in [0.4, 0.5) is 0 Å². The van der Waals surface area contributed by atoms with Crippen LogP contribution >= 0.6 is 0 Å². The number of rotatable bonds is 3. The van der Waals surface area contributed by atoms with Crippen molar-refractivity contribution in [3.63, 3.8) is 0 Å². The fraction of sp³-hybridized carbons (Fsp3) is 0.933. The van der Waals surface area contributed by atoms with Gasteiger partial charge in [0.1, 0.15) is 0 Å². The lowest BCUT2D eigenvalue weighted by Gasteiger charge is -2.57. The molecule has 0 atom stereocenters. The lowest BCUT2D eigenvalue weighted by atomic mass is 9.48. The molecule has 2 nitrogen and oxygen atoms in total. The molecule has 5 saturated carbocycles. The highest BCUT2D eigenvalue weighted by atomic mass is 16.1. The summed E-state index contributed by atoms with van der Waals surface area (Å²) in [5.74, 6) is 3.03. The van der Waals surface area contributed by atoms with Crippen LogP contribution in [0.25, 0.3) is 0 Å². The van der Waals surface area contributed by atoms with Crippen molar-refractivity contribution in [1.29, 1.82) is 0 Å². The van der Waals surface area contributed by atoms with Crippen LogP contribution in [0.2, 0.25) is 0 Å². The van der Waals surface area contributed by atoms with E-state index >= 15 is 0 Å². The first kappa shape index (κ1) is 10.3. The molecule has 0 aromatic heterocycles. The number of aliphatic imine (C=N–C) groups is 1. The zero-order valence-corrected chi connectivity index (χ0v) is 10.5. The highest BCUT2D eigenvalue weighted by Crippen LogP contribution is 2.64. The number of nitrogens with zero attached hydrogens (tertiary/aromatic N) is 1. The van der Waals surface area contributed by atoms with Crippen LogP contribution < -0.4 is 0 Å². The summed E-state index contributed by atoms with van der Waals surface area (Å²) in [6.07, 6.45) is 14.1. The summed E-state index contributed by atoms with van der Waals surface area (Å²) in [6.45, 7) is 0. The second-order valence-corrected chi connectivity index (χ2v) is 7.52. The third kappa shape index (κ3) is 1.61. The Bertz CT molecular complexity index is 354. The predicted octanol–water partition coefficient (Wildman–Crippen LogP) is 3.46. The van der Waals surface area contributed by atoms with E-state index in [0.29, 0.717) is 5.41 Å².